The molecule has 2 rings (SSSR count). The molecule has 98 valence electrons. The highest BCUT2D eigenvalue weighted by Crippen LogP contribution is 2.41. The summed E-state index contributed by atoms with van der Waals surface area (Å²) in [5.74, 6) is 0.137. The molecule has 0 spiro atoms. The molecule has 1 aliphatic heterocycles. The fourth-order valence-corrected chi connectivity index (χ4v) is 3.74. The van der Waals surface area contributed by atoms with Crippen LogP contribution in [0.4, 0.5) is 5.69 Å². The molecule has 3 nitrogen and oxygen atoms in total. The number of nitrogens with zero attached hydrogens (tertiary/aromatic N) is 1. The molecule has 1 amide bonds. The lowest BCUT2D eigenvalue weighted by atomic mass is 10.1. The fourth-order valence-electron chi connectivity index (χ4n) is 2.44. The number of aryl methyl sites for hydroxylation is 2. The van der Waals surface area contributed by atoms with Crippen molar-refractivity contribution < 1.29 is 4.79 Å². The van der Waals surface area contributed by atoms with Crippen LogP contribution < -0.4 is 10.6 Å². The van der Waals surface area contributed by atoms with E-state index in [1.165, 1.54) is 16.0 Å². The lowest BCUT2D eigenvalue weighted by molar-refractivity contribution is -0.118. The quantitative estimate of drug-likeness (QED) is 0.892. The Morgan fingerprint density at radius 3 is 2.89 bits per heavy atom. The molecular weight excluding hydrogens is 244 g/mol. The zero-order chi connectivity index (χ0) is 13.3. The third kappa shape index (κ3) is 2.54. The van der Waals surface area contributed by atoms with Crippen molar-refractivity contribution >= 4 is 23.4 Å². The summed E-state index contributed by atoms with van der Waals surface area (Å²) < 4.78 is 0. The van der Waals surface area contributed by atoms with Gasteiger partial charge in [0.1, 0.15) is 0 Å². The van der Waals surface area contributed by atoms with E-state index < -0.39 is 0 Å². The molecule has 0 bridgehead atoms. The minimum Gasteiger partial charge on any atom is -0.330 e. The van der Waals surface area contributed by atoms with Crippen LogP contribution in [0.5, 0.6) is 0 Å². The number of amides is 1. The van der Waals surface area contributed by atoms with Crippen molar-refractivity contribution in [2.75, 3.05) is 18.0 Å². The lowest BCUT2D eigenvalue weighted by Gasteiger charge is -2.34. The average Bonchev–Trinajstić information content (AvgIpc) is 2.27. The number of nitrogens with two attached hydrogens (primary N) is 1. The summed E-state index contributed by atoms with van der Waals surface area (Å²) in [6, 6.07) is 4.31. The van der Waals surface area contributed by atoms with Gasteiger partial charge in [0.15, 0.2) is 0 Å². The largest absolute Gasteiger partial charge is 0.330 e. The Bertz CT molecular complexity index is 473. The Labute approximate surface area is 113 Å². The Morgan fingerprint density at radius 2 is 2.22 bits per heavy atom. The number of carbonyl (C=O) groups is 1. The molecule has 1 aliphatic rings. The monoisotopic (exact) mass is 264 g/mol. The van der Waals surface area contributed by atoms with Crippen LogP contribution in [0.3, 0.4) is 0 Å². The highest BCUT2D eigenvalue weighted by atomic mass is 32.2. The standard InChI is InChI=1S/C14H20N2OS/c1-9-6-10(2)14-12(7-9)18-11(3)8-16(14)13(17)4-5-15/h6-7,11H,4-5,8,15H2,1-3H3. The van der Waals surface area contributed by atoms with Crippen LogP contribution in [-0.2, 0) is 4.79 Å². The van der Waals surface area contributed by atoms with Gasteiger partial charge in [-0.1, -0.05) is 13.0 Å². The molecule has 1 heterocycles. The van der Waals surface area contributed by atoms with Gasteiger partial charge < -0.3 is 10.6 Å². The molecule has 0 saturated carbocycles. The normalized spacial score (nSPS) is 18.7. The molecule has 1 aromatic rings. The SMILES string of the molecule is Cc1cc(C)c2c(c1)SC(C)CN2C(=O)CCN. The van der Waals surface area contributed by atoms with Crippen molar-refractivity contribution in [2.45, 2.75) is 37.3 Å². The lowest BCUT2D eigenvalue weighted by Crippen LogP contribution is -2.39. The third-order valence-electron chi connectivity index (χ3n) is 3.11. The number of thioether (sulfide) groups is 1. The van der Waals surface area contributed by atoms with Crippen molar-refractivity contribution in [2.24, 2.45) is 5.73 Å². The molecule has 2 N–H and O–H groups in total. The van der Waals surface area contributed by atoms with E-state index in [-0.39, 0.29) is 5.91 Å². The summed E-state index contributed by atoms with van der Waals surface area (Å²) in [6.45, 7) is 7.52. The number of rotatable bonds is 2. The van der Waals surface area contributed by atoms with Gasteiger partial charge in [-0.15, -0.1) is 11.8 Å². The molecule has 1 aromatic carbocycles. The van der Waals surface area contributed by atoms with Gasteiger partial charge in [0.05, 0.1) is 5.69 Å². The molecule has 1 unspecified atom stereocenters. The van der Waals surface area contributed by atoms with Crippen molar-refractivity contribution in [3.8, 4) is 0 Å². The first kappa shape index (κ1) is 13.4. The fraction of sp³-hybridized carbons (Fsp3) is 0.500. The molecule has 0 saturated heterocycles. The van der Waals surface area contributed by atoms with Crippen LogP contribution in [0.2, 0.25) is 0 Å². The minimum atomic E-state index is 0.137. The number of carbonyl (C=O) groups excluding carboxylic acids is 1. The van der Waals surface area contributed by atoms with Crippen molar-refractivity contribution in [1.82, 2.24) is 0 Å². The summed E-state index contributed by atoms with van der Waals surface area (Å²) >= 11 is 1.85. The zero-order valence-corrected chi connectivity index (χ0v) is 12.0. The predicted octanol–water partition coefficient (Wildman–Crippen LogP) is 2.48. The molecule has 0 fully saturated rings. The number of hydrogen-bond donors (Lipinski definition) is 1. The van der Waals surface area contributed by atoms with E-state index in [1.54, 1.807) is 0 Å². The number of hydrogen-bond acceptors (Lipinski definition) is 3. The first-order chi connectivity index (χ1) is 8.52. The second-order valence-electron chi connectivity index (χ2n) is 4.90. The van der Waals surface area contributed by atoms with E-state index in [2.05, 4.69) is 32.9 Å². The zero-order valence-electron chi connectivity index (χ0n) is 11.2. The highest BCUT2D eigenvalue weighted by Gasteiger charge is 2.28. The molecule has 0 radical (unpaired) electrons. The summed E-state index contributed by atoms with van der Waals surface area (Å²) in [5.41, 5.74) is 9.01. The van der Waals surface area contributed by atoms with Gasteiger partial charge in [-0.25, -0.2) is 0 Å². The first-order valence-corrected chi connectivity index (χ1v) is 7.19. The maximum absolute atomic E-state index is 12.2. The summed E-state index contributed by atoms with van der Waals surface area (Å²) in [5, 5.41) is 0.431. The molecule has 0 aromatic heterocycles. The Balaban J connectivity index is 2.44. The second-order valence-corrected chi connectivity index (χ2v) is 6.38. The number of anilines is 1. The smallest absolute Gasteiger partial charge is 0.228 e. The Kier molecular flexibility index (Phi) is 3.97. The van der Waals surface area contributed by atoms with Crippen LogP contribution in [0.15, 0.2) is 17.0 Å². The number of fused-ring (bicyclic) bond motifs is 1. The van der Waals surface area contributed by atoms with E-state index in [0.29, 0.717) is 18.2 Å². The van der Waals surface area contributed by atoms with E-state index in [0.717, 1.165) is 12.2 Å². The molecule has 0 aliphatic carbocycles. The van der Waals surface area contributed by atoms with E-state index >= 15 is 0 Å². The number of benzene rings is 1. The van der Waals surface area contributed by atoms with Crippen LogP contribution in [-0.4, -0.2) is 24.2 Å². The van der Waals surface area contributed by atoms with Crippen LogP contribution >= 0.6 is 11.8 Å². The van der Waals surface area contributed by atoms with Crippen LogP contribution in [0.25, 0.3) is 0 Å². The maximum atomic E-state index is 12.2. The minimum absolute atomic E-state index is 0.137. The van der Waals surface area contributed by atoms with Crippen molar-refractivity contribution in [3.63, 3.8) is 0 Å². The van der Waals surface area contributed by atoms with E-state index in [1.807, 2.05) is 16.7 Å². The predicted molar refractivity (Wildman–Crippen MR) is 77.3 cm³/mol. The summed E-state index contributed by atoms with van der Waals surface area (Å²) in [7, 11) is 0. The molecule has 18 heavy (non-hydrogen) atoms. The van der Waals surface area contributed by atoms with Crippen molar-refractivity contribution in [3.05, 3.63) is 23.3 Å². The topological polar surface area (TPSA) is 46.3 Å². The summed E-state index contributed by atoms with van der Waals surface area (Å²) in [4.78, 5) is 15.3. The van der Waals surface area contributed by atoms with Crippen molar-refractivity contribution in [1.29, 1.82) is 0 Å². The third-order valence-corrected chi connectivity index (χ3v) is 4.22. The second kappa shape index (κ2) is 5.33. The van der Waals surface area contributed by atoms with Crippen LogP contribution in [0, 0.1) is 13.8 Å². The van der Waals surface area contributed by atoms with Gasteiger partial charge in [0.2, 0.25) is 5.91 Å². The highest BCUT2D eigenvalue weighted by molar-refractivity contribution is 8.00. The van der Waals surface area contributed by atoms with Gasteiger partial charge in [-0.3, -0.25) is 4.79 Å². The first-order valence-electron chi connectivity index (χ1n) is 6.31. The molecule has 1 atom stereocenters. The van der Waals surface area contributed by atoms with E-state index in [4.69, 9.17) is 5.73 Å². The van der Waals surface area contributed by atoms with Gasteiger partial charge in [0.25, 0.3) is 0 Å². The van der Waals surface area contributed by atoms with Gasteiger partial charge >= 0.3 is 0 Å². The summed E-state index contributed by atoms with van der Waals surface area (Å²) in [6.07, 6.45) is 0.421. The average molecular weight is 264 g/mol. The Hall–Kier alpha value is -1.00. The maximum Gasteiger partial charge on any atom is 0.228 e. The van der Waals surface area contributed by atoms with E-state index in [9.17, 15) is 4.79 Å². The Morgan fingerprint density at radius 1 is 1.50 bits per heavy atom. The van der Waals surface area contributed by atoms with Crippen LogP contribution in [0.1, 0.15) is 24.5 Å². The van der Waals surface area contributed by atoms with Gasteiger partial charge in [-0.05, 0) is 31.0 Å². The molecular formula is C14H20N2OS. The van der Waals surface area contributed by atoms with Gasteiger partial charge in [-0.2, -0.15) is 0 Å². The van der Waals surface area contributed by atoms with Gasteiger partial charge in [0, 0.05) is 29.7 Å². The molecule has 4 heteroatoms.